The van der Waals surface area contributed by atoms with Crippen molar-refractivity contribution in [3.05, 3.63) is 77.1 Å². The second-order valence-electron chi connectivity index (χ2n) is 12.9. The topological polar surface area (TPSA) is 140 Å². The van der Waals surface area contributed by atoms with E-state index in [2.05, 4.69) is 32.0 Å². The number of pyridine rings is 1. The number of halogens is 4. The number of nitrogens with zero attached hydrogens (tertiary/aromatic N) is 3. The lowest BCUT2D eigenvalue weighted by atomic mass is 9.94. The van der Waals surface area contributed by atoms with E-state index >= 15 is 0 Å². The molecule has 10 nitrogen and oxygen atoms in total. The Balaban J connectivity index is 1.54. The van der Waals surface area contributed by atoms with Gasteiger partial charge in [-0.05, 0) is 87.8 Å². The van der Waals surface area contributed by atoms with Crippen molar-refractivity contribution < 1.29 is 39.2 Å². The number of sulfonamides is 1. The Morgan fingerprint density at radius 2 is 1.66 bits per heavy atom. The van der Waals surface area contributed by atoms with Crippen LogP contribution in [0.5, 0.6) is 0 Å². The molecule has 0 saturated heterocycles. The summed E-state index contributed by atoms with van der Waals surface area (Å²) in [5.41, 5.74) is 1.11. The monoisotopic (exact) mass is 731 g/mol. The van der Waals surface area contributed by atoms with Crippen LogP contribution in [0.2, 0.25) is 0 Å². The minimum absolute atomic E-state index is 0.108. The van der Waals surface area contributed by atoms with Gasteiger partial charge in [-0.2, -0.15) is 5.10 Å². The standard InChI is InChI=1S/C34H33F4N5O5S2/c1-34(2,49(45,46)24-7-8-24)13-12-23-6-11-26(31(40-23)29(39-19-44)16-20-14-21(35)17-22(36)15-20)27-4-3-5-28-32(27)43(18-30(37)38)41-33(28)42-50(47,48)25-9-10-25/h3-6,11,14-15,17,19,24-25,29-30H,7-10,16,18H2,1-2H3,(H,39,44)(H,41,42). The highest BCUT2D eigenvalue weighted by Gasteiger charge is 2.45. The van der Waals surface area contributed by atoms with Crippen LogP contribution in [0, 0.1) is 23.5 Å². The molecule has 1 amide bonds. The zero-order valence-electron chi connectivity index (χ0n) is 27.0. The zero-order valence-corrected chi connectivity index (χ0v) is 28.6. The molecule has 0 bridgehead atoms. The van der Waals surface area contributed by atoms with Gasteiger partial charge >= 0.3 is 0 Å². The quantitative estimate of drug-likeness (QED) is 0.108. The van der Waals surface area contributed by atoms with Crippen LogP contribution in [0.1, 0.15) is 62.5 Å². The third kappa shape index (κ3) is 7.34. The van der Waals surface area contributed by atoms with Gasteiger partial charge in [0.1, 0.15) is 28.6 Å². The number of fused-ring (bicyclic) bond motifs is 1. The first-order valence-corrected chi connectivity index (χ1v) is 18.9. The number of hydrogen-bond acceptors (Lipinski definition) is 7. The van der Waals surface area contributed by atoms with Crippen LogP contribution in [-0.2, 0) is 37.6 Å². The average molecular weight is 732 g/mol. The molecule has 2 heterocycles. The fraction of sp³-hybridized carbons (Fsp3) is 0.382. The first-order chi connectivity index (χ1) is 23.6. The first kappa shape index (κ1) is 35.3. The summed E-state index contributed by atoms with van der Waals surface area (Å²) in [7, 11) is -7.40. The van der Waals surface area contributed by atoms with E-state index in [4.69, 9.17) is 0 Å². The Hall–Kier alpha value is -4.49. The number of amides is 1. The molecule has 0 aliphatic heterocycles. The van der Waals surface area contributed by atoms with E-state index in [0.29, 0.717) is 38.2 Å². The summed E-state index contributed by atoms with van der Waals surface area (Å²) in [6.07, 6.45) is -0.609. The smallest absolute Gasteiger partial charge is 0.257 e. The molecule has 2 aromatic heterocycles. The molecule has 264 valence electrons. The molecule has 4 aromatic rings. The molecule has 0 spiro atoms. The molecule has 1 unspecified atom stereocenters. The van der Waals surface area contributed by atoms with E-state index < -0.39 is 65.8 Å². The van der Waals surface area contributed by atoms with Gasteiger partial charge < -0.3 is 5.32 Å². The number of benzene rings is 2. The Bertz CT molecular complexity index is 2240. The molecule has 2 aromatic carbocycles. The summed E-state index contributed by atoms with van der Waals surface area (Å²) in [4.78, 5) is 16.6. The lowest BCUT2D eigenvalue weighted by molar-refractivity contribution is -0.110. The zero-order chi connectivity index (χ0) is 36.0. The third-order valence-electron chi connectivity index (χ3n) is 8.63. The van der Waals surface area contributed by atoms with Crippen molar-refractivity contribution in [1.82, 2.24) is 20.1 Å². The first-order valence-electron chi connectivity index (χ1n) is 15.8. The number of alkyl halides is 2. The summed E-state index contributed by atoms with van der Waals surface area (Å²) in [6, 6.07) is 9.58. The Kier molecular flexibility index (Phi) is 9.42. The normalized spacial score (nSPS) is 15.8. The molecule has 2 fully saturated rings. The van der Waals surface area contributed by atoms with Crippen molar-refractivity contribution >= 4 is 43.0 Å². The number of sulfone groups is 1. The molecule has 0 radical (unpaired) electrons. The molecule has 2 aliphatic rings. The maximum absolute atomic E-state index is 14.2. The largest absolute Gasteiger partial charge is 0.350 e. The average Bonchev–Trinajstić information content (AvgIpc) is 3.95. The van der Waals surface area contributed by atoms with Gasteiger partial charge in [0.15, 0.2) is 15.7 Å². The van der Waals surface area contributed by atoms with Crippen molar-refractivity contribution in [2.75, 3.05) is 4.72 Å². The summed E-state index contributed by atoms with van der Waals surface area (Å²) < 4.78 is 110. The highest BCUT2D eigenvalue weighted by atomic mass is 32.2. The number of anilines is 1. The fourth-order valence-electron chi connectivity index (χ4n) is 5.79. The summed E-state index contributed by atoms with van der Waals surface area (Å²) in [6.45, 7) is 2.12. The third-order valence-corrected chi connectivity index (χ3v) is 13.3. The molecule has 6 rings (SSSR count). The van der Waals surface area contributed by atoms with Crippen LogP contribution >= 0.6 is 0 Å². The van der Waals surface area contributed by atoms with Crippen LogP contribution in [0.15, 0.2) is 48.5 Å². The van der Waals surface area contributed by atoms with Gasteiger partial charge in [-0.25, -0.2) is 39.4 Å². The van der Waals surface area contributed by atoms with Crippen LogP contribution in [0.3, 0.4) is 0 Å². The van der Waals surface area contributed by atoms with Gasteiger partial charge in [-0.3, -0.25) is 14.2 Å². The molecular weight excluding hydrogens is 699 g/mol. The molecule has 2 aliphatic carbocycles. The van der Waals surface area contributed by atoms with Crippen LogP contribution in [-0.4, -0.2) is 59.7 Å². The van der Waals surface area contributed by atoms with Gasteiger partial charge in [0.25, 0.3) is 6.43 Å². The number of carbonyl (C=O) groups excluding carboxylic acids is 1. The number of aromatic nitrogens is 3. The maximum atomic E-state index is 14.2. The van der Waals surface area contributed by atoms with E-state index in [9.17, 15) is 39.2 Å². The number of rotatable bonds is 13. The van der Waals surface area contributed by atoms with E-state index in [1.807, 2.05) is 0 Å². The van der Waals surface area contributed by atoms with E-state index in [-0.39, 0.29) is 51.2 Å². The Morgan fingerprint density at radius 3 is 2.28 bits per heavy atom. The van der Waals surface area contributed by atoms with E-state index in [1.54, 1.807) is 18.2 Å². The predicted molar refractivity (Wildman–Crippen MR) is 179 cm³/mol. The van der Waals surface area contributed by atoms with Gasteiger partial charge in [0.2, 0.25) is 16.4 Å². The molecule has 2 saturated carbocycles. The van der Waals surface area contributed by atoms with Gasteiger partial charge in [0.05, 0.1) is 27.8 Å². The second-order valence-corrected chi connectivity index (χ2v) is 17.7. The number of hydrogen-bond donors (Lipinski definition) is 2. The van der Waals surface area contributed by atoms with Crippen molar-refractivity contribution in [3.63, 3.8) is 0 Å². The fourth-order valence-corrected chi connectivity index (χ4v) is 8.92. The minimum atomic E-state index is -3.82. The molecule has 1 atom stereocenters. The summed E-state index contributed by atoms with van der Waals surface area (Å²) >= 11 is 0. The second kappa shape index (κ2) is 13.3. The van der Waals surface area contributed by atoms with Gasteiger partial charge in [0, 0.05) is 22.6 Å². The molecule has 50 heavy (non-hydrogen) atoms. The number of para-hydroxylation sites is 1. The highest BCUT2D eigenvalue weighted by molar-refractivity contribution is 7.94. The lowest BCUT2D eigenvalue weighted by Crippen LogP contribution is -2.33. The predicted octanol–water partition coefficient (Wildman–Crippen LogP) is 5.28. The Morgan fingerprint density at radius 1 is 0.980 bits per heavy atom. The molecular formula is C34H33F4N5O5S2. The summed E-state index contributed by atoms with van der Waals surface area (Å²) in [5, 5.41) is 5.99. The number of nitrogens with one attached hydrogen (secondary N) is 2. The summed E-state index contributed by atoms with van der Waals surface area (Å²) in [5.74, 6) is 3.80. The van der Waals surface area contributed by atoms with Crippen molar-refractivity contribution in [1.29, 1.82) is 0 Å². The van der Waals surface area contributed by atoms with Crippen molar-refractivity contribution in [2.24, 2.45) is 0 Å². The highest BCUT2D eigenvalue weighted by Crippen LogP contribution is 2.39. The lowest BCUT2D eigenvalue weighted by Gasteiger charge is -2.21. The van der Waals surface area contributed by atoms with Crippen molar-refractivity contribution in [2.45, 2.75) is 80.2 Å². The van der Waals surface area contributed by atoms with Crippen molar-refractivity contribution in [3.8, 4) is 23.0 Å². The van der Waals surface area contributed by atoms with Crippen LogP contribution < -0.4 is 10.0 Å². The SMILES string of the molecule is CC(C)(C#Cc1ccc(-c2cccc3c(NS(=O)(=O)C4CC4)nn(CC(F)F)c23)c(C(Cc2cc(F)cc(F)c2)NC=O)n1)S(=O)(=O)C1CC1. The minimum Gasteiger partial charge on any atom is -0.350 e. The molecule has 16 heteroatoms. The van der Waals surface area contributed by atoms with Gasteiger partial charge in [-0.15, -0.1) is 0 Å². The van der Waals surface area contributed by atoms with E-state index in [0.717, 1.165) is 16.8 Å². The van der Waals surface area contributed by atoms with Gasteiger partial charge in [-0.1, -0.05) is 18.1 Å². The van der Waals surface area contributed by atoms with Crippen LogP contribution in [0.25, 0.3) is 22.0 Å². The van der Waals surface area contributed by atoms with Crippen LogP contribution in [0.4, 0.5) is 23.4 Å². The Labute approximate surface area is 286 Å². The number of carbonyl (C=O) groups is 1. The maximum Gasteiger partial charge on any atom is 0.257 e. The molecule has 2 N–H and O–H groups in total. The van der Waals surface area contributed by atoms with E-state index in [1.165, 1.54) is 26.0 Å².